The van der Waals surface area contributed by atoms with Crippen molar-refractivity contribution in [3.8, 4) is 11.5 Å². The van der Waals surface area contributed by atoms with E-state index in [1.165, 1.54) is 0 Å². The molecule has 0 spiro atoms. The molecular weight excluding hydrogens is 346 g/mol. The van der Waals surface area contributed by atoms with Crippen LogP contribution in [0.15, 0.2) is 46.9 Å². The molecule has 0 atom stereocenters. The molecule has 5 heteroatoms. The van der Waals surface area contributed by atoms with Gasteiger partial charge in [0.15, 0.2) is 0 Å². The molecule has 0 fully saturated rings. The summed E-state index contributed by atoms with van der Waals surface area (Å²) >= 11 is 3.45. The van der Waals surface area contributed by atoms with Crippen LogP contribution in [-0.2, 0) is 17.8 Å². The highest BCUT2D eigenvalue weighted by Crippen LogP contribution is 2.26. The minimum atomic E-state index is 0.249. The van der Waals surface area contributed by atoms with Gasteiger partial charge in [-0.3, -0.25) is 4.79 Å². The van der Waals surface area contributed by atoms with E-state index in [-0.39, 0.29) is 5.75 Å². The second-order valence-corrected chi connectivity index (χ2v) is 5.82. The van der Waals surface area contributed by atoms with Gasteiger partial charge in [0.05, 0.1) is 11.6 Å². The molecule has 4 nitrogen and oxygen atoms in total. The second kappa shape index (κ2) is 7.84. The number of hydrogen-bond acceptors (Lipinski definition) is 3. The van der Waals surface area contributed by atoms with E-state index in [0.29, 0.717) is 13.1 Å². The van der Waals surface area contributed by atoms with E-state index in [2.05, 4.69) is 15.9 Å². The van der Waals surface area contributed by atoms with E-state index < -0.39 is 0 Å². The molecule has 0 radical (unpaired) electrons. The summed E-state index contributed by atoms with van der Waals surface area (Å²) in [5, 5.41) is 9.26. The number of aromatic hydroxyl groups is 1. The number of phenolic OH excluding ortho intramolecular Hbond substituents is 1. The molecule has 1 N–H and O–H groups in total. The van der Waals surface area contributed by atoms with Crippen LogP contribution in [0.3, 0.4) is 0 Å². The van der Waals surface area contributed by atoms with Gasteiger partial charge in [0.2, 0.25) is 6.41 Å². The SMILES string of the molecule is COc1ccc(CN(C=O)CCc2ccc(O)cc2)cc1Br. The summed E-state index contributed by atoms with van der Waals surface area (Å²) in [7, 11) is 1.62. The number of hydrogen-bond donors (Lipinski definition) is 1. The Morgan fingerprint density at radius 1 is 1.18 bits per heavy atom. The summed E-state index contributed by atoms with van der Waals surface area (Å²) in [5.74, 6) is 1.02. The van der Waals surface area contributed by atoms with Crippen LogP contribution < -0.4 is 4.74 Å². The molecule has 0 saturated heterocycles. The van der Waals surface area contributed by atoms with Crippen LogP contribution >= 0.6 is 15.9 Å². The minimum absolute atomic E-state index is 0.249. The topological polar surface area (TPSA) is 49.8 Å². The van der Waals surface area contributed by atoms with Gasteiger partial charge in [0.1, 0.15) is 11.5 Å². The minimum Gasteiger partial charge on any atom is -0.508 e. The van der Waals surface area contributed by atoms with Crippen molar-refractivity contribution in [1.29, 1.82) is 0 Å². The van der Waals surface area contributed by atoms with Gasteiger partial charge in [-0.25, -0.2) is 0 Å². The summed E-state index contributed by atoms with van der Waals surface area (Å²) in [6.45, 7) is 1.17. The maximum absolute atomic E-state index is 11.2. The van der Waals surface area contributed by atoms with Crippen molar-refractivity contribution >= 4 is 22.3 Å². The Balaban J connectivity index is 1.95. The van der Waals surface area contributed by atoms with Gasteiger partial charge in [0.25, 0.3) is 0 Å². The first kappa shape index (κ1) is 16.4. The number of rotatable bonds is 7. The highest BCUT2D eigenvalue weighted by molar-refractivity contribution is 9.10. The molecule has 0 unspecified atom stereocenters. The number of nitrogens with zero attached hydrogens (tertiary/aromatic N) is 1. The number of phenols is 1. The number of ether oxygens (including phenoxy) is 1. The van der Waals surface area contributed by atoms with Crippen molar-refractivity contribution < 1.29 is 14.6 Å². The third-order valence-electron chi connectivity index (χ3n) is 3.37. The lowest BCUT2D eigenvalue weighted by Gasteiger charge is -2.18. The Bertz CT molecular complexity index is 628. The van der Waals surface area contributed by atoms with Gasteiger partial charge in [-0.05, 0) is 57.7 Å². The molecule has 0 aliphatic heterocycles. The van der Waals surface area contributed by atoms with E-state index in [4.69, 9.17) is 4.74 Å². The van der Waals surface area contributed by atoms with E-state index in [9.17, 15) is 9.90 Å². The average Bonchev–Trinajstić information content (AvgIpc) is 2.53. The molecule has 0 aromatic heterocycles. The first-order valence-electron chi connectivity index (χ1n) is 6.92. The molecule has 2 aromatic carbocycles. The van der Waals surface area contributed by atoms with Crippen LogP contribution in [-0.4, -0.2) is 30.1 Å². The van der Waals surface area contributed by atoms with E-state index in [0.717, 1.165) is 34.2 Å². The highest BCUT2D eigenvalue weighted by Gasteiger charge is 2.07. The Morgan fingerprint density at radius 3 is 2.45 bits per heavy atom. The summed E-state index contributed by atoms with van der Waals surface area (Å²) in [6, 6.07) is 12.8. The monoisotopic (exact) mass is 363 g/mol. The molecule has 0 aliphatic rings. The van der Waals surface area contributed by atoms with Crippen LogP contribution in [0, 0.1) is 0 Å². The number of methoxy groups -OCH3 is 1. The fraction of sp³-hybridized carbons (Fsp3) is 0.235. The highest BCUT2D eigenvalue weighted by atomic mass is 79.9. The molecule has 0 aliphatic carbocycles. The predicted molar refractivity (Wildman–Crippen MR) is 89.0 cm³/mol. The zero-order chi connectivity index (χ0) is 15.9. The van der Waals surface area contributed by atoms with E-state index >= 15 is 0 Å². The summed E-state index contributed by atoms with van der Waals surface area (Å²) in [5.41, 5.74) is 2.12. The average molecular weight is 364 g/mol. The van der Waals surface area contributed by atoms with Gasteiger partial charge < -0.3 is 14.7 Å². The molecular formula is C17H18BrNO3. The lowest BCUT2D eigenvalue weighted by molar-refractivity contribution is -0.118. The van der Waals surface area contributed by atoms with Crippen LogP contribution in [0.25, 0.3) is 0 Å². The maximum atomic E-state index is 11.2. The third-order valence-corrected chi connectivity index (χ3v) is 3.99. The molecule has 116 valence electrons. The zero-order valence-electron chi connectivity index (χ0n) is 12.3. The fourth-order valence-electron chi connectivity index (χ4n) is 2.15. The Labute approximate surface area is 138 Å². The smallest absolute Gasteiger partial charge is 0.210 e. The lowest BCUT2D eigenvalue weighted by Crippen LogP contribution is -2.24. The maximum Gasteiger partial charge on any atom is 0.210 e. The Kier molecular flexibility index (Phi) is 5.83. The van der Waals surface area contributed by atoms with Gasteiger partial charge in [0, 0.05) is 13.1 Å². The van der Waals surface area contributed by atoms with Gasteiger partial charge in [-0.1, -0.05) is 18.2 Å². The molecule has 2 rings (SSSR count). The first-order chi connectivity index (χ1) is 10.6. The molecule has 0 bridgehead atoms. The molecule has 22 heavy (non-hydrogen) atoms. The summed E-state index contributed by atoms with van der Waals surface area (Å²) < 4.78 is 6.07. The number of amides is 1. The molecule has 0 heterocycles. The number of halogens is 1. The second-order valence-electron chi connectivity index (χ2n) is 4.96. The Hall–Kier alpha value is -2.01. The van der Waals surface area contributed by atoms with E-state index in [1.807, 2.05) is 30.3 Å². The number of carbonyl (C=O) groups is 1. The van der Waals surface area contributed by atoms with Gasteiger partial charge in [-0.2, -0.15) is 0 Å². The van der Waals surface area contributed by atoms with Crippen molar-refractivity contribution in [2.45, 2.75) is 13.0 Å². The van der Waals surface area contributed by atoms with Crippen molar-refractivity contribution in [2.24, 2.45) is 0 Å². The van der Waals surface area contributed by atoms with Gasteiger partial charge in [-0.15, -0.1) is 0 Å². The quantitative estimate of drug-likeness (QED) is 0.767. The third kappa shape index (κ3) is 4.49. The molecule has 0 saturated carbocycles. The summed E-state index contributed by atoms with van der Waals surface area (Å²) in [4.78, 5) is 13.0. The van der Waals surface area contributed by atoms with E-state index in [1.54, 1.807) is 24.1 Å². The van der Waals surface area contributed by atoms with Crippen molar-refractivity contribution in [1.82, 2.24) is 4.90 Å². The zero-order valence-corrected chi connectivity index (χ0v) is 13.9. The Morgan fingerprint density at radius 2 is 1.86 bits per heavy atom. The van der Waals surface area contributed by atoms with Crippen molar-refractivity contribution in [3.63, 3.8) is 0 Å². The van der Waals surface area contributed by atoms with Gasteiger partial charge >= 0.3 is 0 Å². The lowest BCUT2D eigenvalue weighted by atomic mass is 10.1. The number of benzene rings is 2. The van der Waals surface area contributed by atoms with Crippen molar-refractivity contribution in [2.75, 3.05) is 13.7 Å². The van der Waals surface area contributed by atoms with Crippen LogP contribution in [0.1, 0.15) is 11.1 Å². The molecule has 1 amide bonds. The van der Waals surface area contributed by atoms with Crippen LogP contribution in [0.2, 0.25) is 0 Å². The largest absolute Gasteiger partial charge is 0.508 e. The molecule has 2 aromatic rings. The summed E-state index contributed by atoms with van der Waals surface area (Å²) in [6.07, 6.45) is 1.61. The fourth-order valence-corrected chi connectivity index (χ4v) is 2.74. The van der Waals surface area contributed by atoms with Crippen LogP contribution in [0.5, 0.6) is 11.5 Å². The standard InChI is InChI=1S/C17H18BrNO3/c1-22-17-7-4-14(10-16(17)18)11-19(12-20)9-8-13-2-5-15(21)6-3-13/h2-7,10,12,21H,8-9,11H2,1H3. The normalized spacial score (nSPS) is 10.3. The van der Waals surface area contributed by atoms with Crippen molar-refractivity contribution in [3.05, 3.63) is 58.1 Å². The first-order valence-corrected chi connectivity index (χ1v) is 7.71. The predicted octanol–water partition coefficient (Wildman–Crippen LogP) is 3.36. The number of carbonyl (C=O) groups excluding carboxylic acids is 1. The van der Waals surface area contributed by atoms with Crippen LogP contribution in [0.4, 0.5) is 0 Å².